The summed E-state index contributed by atoms with van der Waals surface area (Å²) < 4.78 is 5.67. The molecule has 1 unspecified atom stereocenters. The summed E-state index contributed by atoms with van der Waals surface area (Å²) in [4.78, 5) is 12.9. The molecule has 1 fully saturated rings. The van der Waals surface area contributed by atoms with Gasteiger partial charge in [0.2, 0.25) is 0 Å². The van der Waals surface area contributed by atoms with Crippen molar-refractivity contribution in [3.8, 4) is 6.07 Å². The molecule has 4 heteroatoms. The van der Waals surface area contributed by atoms with Crippen molar-refractivity contribution >= 4 is 12.0 Å². The van der Waals surface area contributed by atoms with Crippen LogP contribution >= 0.6 is 0 Å². The molecule has 0 radical (unpaired) electrons. The topological polar surface area (TPSA) is 53.3 Å². The molecule has 0 aromatic heterocycles. The number of hydrogen-bond acceptors (Lipinski definition) is 4. The number of nitrogens with zero attached hydrogens (tertiary/aromatic N) is 2. The number of benzene rings is 1. The summed E-state index contributed by atoms with van der Waals surface area (Å²) in [6.45, 7) is 4.45. The molecule has 0 amide bonds. The van der Waals surface area contributed by atoms with Gasteiger partial charge in [0, 0.05) is 25.3 Å². The fourth-order valence-electron chi connectivity index (χ4n) is 2.52. The van der Waals surface area contributed by atoms with Gasteiger partial charge in [0.1, 0.15) is 12.4 Å². The quantitative estimate of drug-likeness (QED) is 0.778. The molecule has 0 saturated carbocycles. The minimum Gasteiger partial charge on any atom is -0.377 e. The van der Waals surface area contributed by atoms with E-state index < -0.39 is 0 Å². The van der Waals surface area contributed by atoms with Crippen LogP contribution in [0.25, 0.3) is 0 Å². The van der Waals surface area contributed by atoms with Crippen LogP contribution in [0.15, 0.2) is 18.2 Å². The number of ether oxygens (including phenoxy) is 1. The number of carbonyl (C=O) groups is 1. The molecular weight excluding hydrogens is 240 g/mol. The smallest absolute Gasteiger partial charge is 0.150 e. The van der Waals surface area contributed by atoms with Crippen LogP contribution in [0.4, 0.5) is 5.69 Å². The molecule has 0 bridgehead atoms. The van der Waals surface area contributed by atoms with Gasteiger partial charge in [0.05, 0.1) is 17.4 Å². The summed E-state index contributed by atoms with van der Waals surface area (Å²) in [7, 11) is 0. The van der Waals surface area contributed by atoms with E-state index in [0.29, 0.717) is 17.7 Å². The molecule has 1 aromatic rings. The Bertz CT molecular complexity index is 491. The second kappa shape index (κ2) is 6.35. The summed E-state index contributed by atoms with van der Waals surface area (Å²) in [5.41, 5.74) is 2.00. The number of piperidine rings is 1. The third-order valence-corrected chi connectivity index (χ3v) is 3.40. The van der Waals surface area contributed by atoms with E-state index in [1.807, 2.05) is 13.0 Å². The van der Waals surface area contributed by atoms with Crippen molar-refractivity contribution in [1.29, 1.82) is 5.26 Å². The molecule has 1 aliphatic heterocycles. The first kappa shape index (κ1) is 13.6. The lowest BCUT2D eigenvalue weighted by atomic mass is 10.0. The predicted octanol–water partition coefficient (Wildman–Crippen LogP) is 2.38. The SMILES string of the molecule is CCOC1CCCN(c2ccc(C=O)cc2C#N)C1. The maximum atomic E-state index is 10.8. The zero-order chi connectivity index (χ0) is 13.7. The molecule has 1 saturated heterocycles. The maximum Gasteiger partial charge on any atom is 0.150 e. The van der Waals surface area contributed by atoms with Gasteiger partial charge < -0.3 is 9.64 Å². The van der Waals surface area contributed by atoms with Crippen molar-refractivity contribution in [3.05, 3.63) is 29.3 Å². The van der Waals surface area contributed by atoms with Crippen molar-refractivity contribution in [1.82, 2.24) is 0 Å². The van der Waals surface area contributed by atoms with Crippen LogP contribution in [0.3, 0.4) is 0 Å². The van der Waals surface area contributed by atoms with Crippen LogP contribution in [0.2, 0.25) is 0 Å². The number of anilines is 1. The molecule has 2 rings (SSSR count). The van der Waals surface area contributed by atoms with Crippen molar-refractivity contribution in [3.63, 3.8) is 0 Å². The van der Waals surface area contributed by atoms with Gasteiger partial charge in [-0.25, -0.2) is 0 Å². The van der Waals surface area contributed by atoms with Crippen LogP contribution in [-0.2, 0) is 4.74 Å². The Kier molecular flexibility index (Phi) is 4.53. The second-order valence-electron chi connectivity index (χ2n) is 4.67. The number of aldehydes is 1. The fraction of sp³-hybridized carbons (Fsp3) is 0.467. The standard InChI is InChI=1S/C15H18N2O2/c1-2-19-14-4-3-7-17(10-14)15-6-5-12(11-18)8-13(15)9-16/h5-6,8,11,14H,2-4,7,10H2,1H3. The Morgan fingerprint density at radius 2 is 2.42 bits per heavy atom. The zero-order valence-electron chi connectivity index (χ0n) is 11.1. The van der Waals surface area contributed by atoms with Gasteiger partial charge in [0.25, 0.3) is 0 Å². The number of carbonyl (C=O) groups excluding carboxylic acids is 1. The molecule has 19 heavy (non-hydrogen) atoms. The summed E-state index contributed by atoms with van der Waals surface area (Å²) in [6.07, 6.45) is 3.13. The van der Waals surface area contributed by atoms with Crippen LogP contribution in [0.1, 0.15) is 35.7 Å². The fourth-order valence-corrected chi connectivity index (χ4v) is 2.52. The molecule has 1 atom stereocenters. The second-order valence-corrected chi connectivity index (χ2v) is 4.67. The molecule has 1 heterocycles. The molecule has 4 nitrogen and oxygen atoms in total. The zero-order valence-corrected chi connectivity index (χ0v) is 11.1. The summed E-state index contributed by atoms with van der Waals surface area (Å²) in [5, 5.41) is 9.21. The highest BCUT2D eigenvalue weighted by atomic mass is 16.5. The number of hydrogen-bond donors (Lipinski definition) is 0. The van der Waals surface area contributed by atoms with E-state index in [9.17, 15) is 10.1 Å². The van der Waals surface area contributed by atoms with Crippen LogP contribution in [0.5, 0.6) is 0 Å². The Morgan fingerprint density at radius 3 is 3.11 bits per heavy atom. The van der Waals surface area contributed by atoms with Crippen LogP contribution in [-0.4, -0.2) is 32.1 Å². The predicted molar refractivity (Wildman–Crippen MR) is 73.4 cm³/mol. The first-order valence-electron chi connectivity index (χ1n) is 6.64. The monoisotopic (exact) mass is 258 g/mol. The Morgan fingerprint density at radius 1 is 1.58 bits per heavy atom. The molecule has 0 spiro atoms. The lowest BCUT2D eigenvalue weighted by molar-refractivity contribution is 0.0526. The lowest BCUT2D eigenvalue weighted by Gasteiger charge is -2.34. The lowest BCUT2D eigenvalue weighted by Crippen LogP contribution is -2.40. The normalized spacial score (nSPS) is 18.9. The average Bonchev–Trinajstić information content (AvgIpc) is 2.47. The Labute approximate surface area is 113 Å². The van der Waals surface area contributed by atoms with E-state index in [-0.39, 0.29) is 6.10 Å². The van der Waals surface area contributed by atoms with Gasteiger partial charge in [-0.05, 0) is 38.0 Å². The maximum absolute atomic E-state index is 10.8. The molecule has 0 aliphatic carbocycles. The van der Waals surface area contributed by atoms with Crippen LogP contribution in [0, 0.1) is 11.3 Å². The van der Waals surface area contributed by atoms with Crippen LogP contribution < -0.4 is 4.90 Å². The van der Waals surface area contributed by atoms with E-state index in [0.717, 1.165) is 37.9 Å². The van der Waals surface area contributed by atoms with Crippen molar-refractivity contribution in [2.75, 3.05) is 24.6 Å². The van der Waals surface area contributed by atoms with E-state index in [1.54, 1.807) is 12.1 Å². The summed E-state index contributed by atoms with van der Waals surface area (Å²) in [6, 6.07) is 7.43. The summed E-state index contributed by atoms with van der Waals surface area (Å²) in [5.74, 6) is 0. The van der Waals surface area contributed by atoms with E-state index in [1.165, 1.54) is 0 Å². The molecule has 1 aliphatic rings. The third kappa shape index (κ3) is 3.12. The highest BCUT2D eigenvalue weighted by Gasteiger charge is 2.22. The van der Waals surface area contributed by atoms with Gasteiger partial charge in [-0.1, -0.05) is 0 Å². The van der Waals surface area contributed by atoms with Crippen molar-refractivity contribution in [2.45, 2.75) is 25.9 Å². The largest absolute Gasteiger partial charge is 0.377 e. The van der Waals surface area contributed by atoms with E-state index in [4.69, 9.17) is 4.74 Å². The van der Waals surface area contributed by atoms with E-state index in [2.05, 4.69) is 11.0 Å². The summed E-state index contributed by atoms with van der Waals surface area (Å²) >= 11 is 0. The van der Waals surface area contributed by atoms with Crippen molar-refractivity contribution in [2.24, 2.45) is 0 Å². The van der Waals surface area contributed by atoms with Gasteiger partial charge in [0.15, 0.2) is 0 Å². The third-order valence-electron chi connectivity index (χ3n) is 3.40. The number of rotatable bonds is 4. The van der Waals surface area contributed by atoms with Gasteiger partial charge in [-0.15, -0.1) is 0 Å². The van der Waals surface area contributed by atoms with Gasteiger partial charge >= 0.3 is 0 Å². The Balaban J connectivity index is 2.21. The van der Waals surface area contributed by atoms with E-state index >= 15 is 0 Å². The minimum absolute atomic E-state index is 0.232. The van der Waals surface area contributed by atoms with Crippen molar-refractivity contribution < 1.29 is 9.53 Å². The first-order valence-corrected chi connectivity index (χ1v) is 6.64. The minimum atomic E-state index is 0.232. The molecule has 1 aromatic carbocycles. The molecular formula is C15H18N2O2. The number of nitriles is 1. The molecule has 0 N–H and O–H groups in total. The highest BCUT2D eigenvalue weighted by Crippen LogP contribution is 2.25. The first-order chi connectivity index (χ1) is 9.28. The Hall–Kier alpha value is -1.86. The van der Waals surface area contributed by atoms with Gasteiger partial charge in [-0.3, -0.25) is 4.79 Å². The van der Waals surface area contributed by atoms with Gasteiger partial charge in [-0.2, -0.15) is 5.26 Å². The molecule has 100 valence electrons. The highest BCUT2D eigenvalue weighted by molar-refractivity contribution is 5.78. The average molecular weight is 258 g/mol.